The summed E-state index contributed by atoms with van der Waals surface area (Å²) in [5.41, 5.74) is 3.31. The van der Waals surface area contributed by atoms with Gasteiger partial charge in [-0.1, -0.05) is 30.3 Å². The van der Waals surface area contributed by atoms with E-state index in [4.69, 9.17) is 4.74 Å². The maximum absolute atomic E-state index is 12.7. The van der Waals surface area contributed by atoms with E-state index >= 15 is 0 Å². The van der Waals surface area contributed by atoms with Gasteiger partial charge in [0.25, 0.3) is 5.56 Å². The second kappa shape index (κ2) is 8.41. The van der Waals surface area contributed by atoms with Crippen molar-refractivity contribution >= 4 is 33.8 Å². The summed E-state index contributed by atoms with van der Waals surface area (Å²) in [7, 11) is 0. The monoisotopic (exact) mass is 424 g/mol. The van der Waals surface area contributed by atoms with Crippen molar-refractivity contribution in [2.75, 3.05) is 6.54 Å². The number of thiophene rings is 1. The summed E-state index contributed by atoms with van der Waals surface area (Å²) in [6.45, 7) is 2.40. The third-order valence-electron chi connectivity index (χ3n) is 5.11. The maximum atomic E-state index is 12.7. The van der Waals surface area contributed by atoms with Crippen molar-refractivity contribution in [2.24, 2.45) is 0 Å². The fourth-order valence-corrected chi connectivity index (χ4v) is 4.88. The normalized spacial score (nSPS) is 13.0. The molecule has 4 nitrogen and oxygen atoms in total. The summed E-state index contributed by atoms with van der Waals surface area (Å²) in [5, 5.41) is 4.70. The summed E-state index contributed by atoms with van der Waals surface area (Å²) < 4.78 is 8.74. The van der Waals surface area contributed by atoms with E-state index in [1.807, 2.05) is 53.8 Å². The minimum absolute atomic E-state index is 0. The molecule has 2 aromatic carbocycles. The third-order valence-corrected chi connectivity index (χ3v) is 6.33. The first kappa shape index (κ1) is 19.7. The molecular weight excluding hydrogens is 404 g/mol. The van der Waals surface area contributed by atoms with Crippen LogP contribution in [0.15, 0.2) is 71.7 Å². The van der Waals surface area contributed by atoms with Crippen molar-refractivity contribution in [1.82, 2.24) is 9.88 Å². The Hall–Kier alpha value is -2.60. The smallest absolute Gasteiger partial charge is 0.258 e. The minimum atomic E-state index is -0.0873. The van der Waals surface area contributed by atoms with Gasteiger partial charge in [0.2, 0.25) is 0 Å². The number of hydrogen-bond donors (Lipinski definition) is 1. The number of pyridine rings is 1. The van der Waals surface area contributed by atoms with Gasteiger partial charge in [0.05, 0.1) is 0 Å². The average Bonchev–Trinajstić information content (AvgIpc) is 3.11. The minimum Gasteiger partial charge on any atom is -0.489 e. The fourth-order valence-electron chi connectivity index (χ4n) is 3.67. The van der Waals surface area contributed by atoms with Crippen LogP contribution in [0, 0.1) is 0 Å². The molecule has 0 saturated heterocycles. The van der Waals surface area contributed by atoms with E-state index in [0.29, 0.717) is 12.4 Å². The second-order valence-corrected chi connectivity index (χ2v) is 8.09. The van der Waals surface area contributed by atoms with Crippen LogP contribution < -0.4 is 15.6 Å². The molecule has 0 radical (unpaired) electrons. The Morgan fingerprint density at radius 1 is 1.07 bits per heavy atom. The number of nitrogens with zero attached hydrogens (tertiary/aromatic N) is 1. The molecule has 1 N–H and O–H groups in total. The highest BCUT2D eigenvalue weighted by Gasteiger charge is 2.16. The van der Waals surface area contributed by atoms with E-state index in [-0.39, 0.29) is 18.0 Å². The van der Waals surface area contributed by atoms with Crippen LogP contribution in [0.1, 0.15) is 16.0 Å². The zero-order valence-corrected chi connectivity index (χ0v) is 17.4. The topological polar surface area (TPSA) is 43.3 Å². The predicted octanol–water partition coefficient (Wildman–Crippen LogP) is 4.70. The molecule has 5 rings (SSSR count). The first-order valence-corrected chi connectivity index (χ1v) is 10.2. The highest BCUT2D eigenvalue weighted by Crippen LogP contribution is 2.34. The van der Waals surface area contributed by atoms with Crippen molar-refractivity contribution in [1.29, 1.82) is 0 Å². The quantitative estimate of drug-likeness (QED) is 0.516. The Kier molecular flexibility index (Phi) is 5.72. The molecule has 0 saturated carbocycles. The van der Waals surface area contributed by atoms with Gasteiger partial charge in [-0.2, -0.15) is 0 Å². The molecule has 3 heterocycles. The number of hydrogen-bond acceptors (Lipinski definition) is 4. The van der Waals surface area contributed by atoms with Crippen molar-refractivity contribution < 1.29 is 4.74 Å². The number of halogens is 1. The van der Waals surface area contributed by atoms with Crippen LogP contribution in [0.4, 0.5) is 0 Å². The number of aromatic nitrogens is 1. The summed E-state index contributed by atoms with van der Waals surface area (Å²) in [4.78, 5) is 14.1. The largest absolute Gasteiger partial charge is 0.489 e. The van der Waals surface area contributed by atoms with E-state index in [1.54, 1.807) is 16.8 Å². The number of ether oxygens (including phenoxy) is 1. The highest BCUT2D eigenvalue weighted by molar-refractivity contribution is 7.19. The van der Waals surface area contributed by atoms with Crippen LogP contribution in [-0.2, 0) is 19.6 Å². The van der Waals surface area contributed by atoms with Gasteiger partial charge in [0, 0.05) is 34.1 Å². The van der Waals surface area contributed by atoms with Gasteiger partial charge in [-0.05, 0) is 53.7 Å². The van der Waals surface area contributed by atoms with Crippen LogP contribution in [0.3, 0.4) is 0 Å². The molecule has 0 spiro atoms. The lowest BCUT2D eigenvalue weighted by molar-refractivity contribution is 0.305. The lowest BCUT2D eigenvalue weighted by Crippen LogP contribution is -2.21. The summed E-state index contributed by atoms with van der Waals surface area (Å²) in [6, 6.07) is 19.6. The zero-order chi connectivity index (χ0) is 18.9. The van der Waals surface area contributed by atoms with Crippen LogP contribution >= 0.6 is 23.7 Å². The number of benzene rings is 2. The molecule has 6 heteroatoms. The SMILES string of the molecule is Cl.O=c1cc(OCc2ccccc2)ccn1-c1ccc2sc3c(c2c1)CCNC3. The van der Waals surface area contributed by atoms with E-state index in [9.17, 15) is 4.79 Å². The lowest BCUT2D eigenvalue weighted by Gasteiger charge is -2.13. The van der Waals surface area contributed by atoms with Gasteiger partial charge in [-0.25, -0.2) is 0 Å². The van der Waals surface area contributed by atoms with E-state index < -0.39 is 0 Å². The Morgan fingerprint density at radius 2 is 1.93 bits per heavy atom. The van der Waals surface area contributed by atoms with Gasteiger partial charge < -0.3 is 10.1 Å². The Morgan fingerprint density at radius 3 is 2.76 bits per heavy atom. The summed E-state index contributed by atoms with van der Waals surface area (Å²) in [6.07, 6.45) is 2.84. The second-order valence-electron chi connectivity index (χ2n) is 6.96. The molecule has 4 aromatic rings. The van der Waals surface area contributed by atoms with Crippen LogP contribution in [0.5, 0.6) is 5.75 Å². The Bertz CT molecular complexity index is 1200. The van der Waals surface area contributed by atoms with Crippen molar-refractivity contribution in [3.05, 3.63) is 93.2 Å². The molecule has 1 aliphatic rings. The maximum Gasteiger partial charge on any atom is 0.258 e. The summed E-state index contributed by atoms with van der Waals surface area (Å²) >= 11 is 1.84. The van der Waals surface area contributed by atoms with Crippen molar-refractivity contribution in [2.45, 2.75) is 19.6 Å². The van der Waals surface area contributed by atoms with Gasteiger partial charge in [0.15, 0.2) is 0 Å². The molecule has 0 amide bonds. The van der Waals surface area contributed by atoms with Crippen molar-refractivity contribution in [3.63, 3.8) is 0 Å². The molecule has 0 aliphatic carbocycles. The molecule has 1 aliphatic heterocycles. The van der Waals surface area contributed by atoms with Gasteiger partial charge in [-0.3, -0.25) is 9.36 Å². The van der Waals surface area contributed by atoms with Gasteiger partial charge >= 0.3 is 0 Å². The molecule has 0 unspecified atom stereocenters. The van der Waals surface area contributed by atoms with Crippen LogP contribution in [0.2, 0.25) is 0 Å². The molecule has 29 heavy (non-hydrogen) atoms. The van der Waals surface area contributed by atoms with Gasteiger partial charge in [0.1, 0.15) is 12.4 Å². The lowest BCUT2D eigenvalue weighted by atomic mass is 10.0. The Labute approximate surface area is 179 Å². The number of rotatable bonds is 4. The predicted molar refractivity (Wildman–Crippen MR) is 121 cm³/mol. The number of fused-ring (bicyclic) bond motifs is 3. The molecule has 0 atom stereocenters. The average molecular weight is 425 g/mol. The van der Waals surface area contributed by atoms with Crippen LogP contribution in [0.25, 0.3) is 15.8 Å². The Balaban J connectivity index is 0.00000205. The molecular formula is C23H21ClN2O2S. The van der Waals surface area contributed by atoms with E-state index in [2.05, 4.69) is 17.4 Å². The molecule has 0 fully saturated rings. The zero-order valence-electron chi connectivity index (χ0n) is 15.8. The first-order valence-electron chi connectivity index (χ1n) is 9.43. The standard InChI is InChI=1S/C23H20N2O2S.ClH/c26-23-13-18(27-15-16-4-2-1-3-5-16)9-11-25(23)17-6-7-21-20(12-17)19-8-10-24-14-22(19)28-21;/h1-7,9,11-13,24H,8,10,14-15H2;1H. The third kappa shape index (κ3) is 3.94. The summed E-state index contributed by atoms with van der Waals surface area (Å²) in [5.74, 6) is 0.588. The van der Waals surface area contributed by atoms with Crippen LogP contribution in [-0.4, -0.2) is 11.1 Å². The van der Waals surface area contributed by atoms with Crippen molar-refractivity contribution in [3.8, 4) is 11.4 Å². The fraction of sp³-hybridized carbons (Fsp3) is 0.174. The van der Waals surface area contributed by atoms with E-state index in [0.717, 1.165) is 30.8 Å². The molecule has 148 valence electrons. The first-order chi connectivity index (χ1) is 13.8. The van der Waals surface area contributed by atoms with E-state index in [1.165, 1.54) is 20.5 Å². The molecule has 2 aromatic heterocycles. The molecule has 0 bridgehead atoms. The number of nitrogens with one attached hydrogen (secondary N) is 1. The highest BCUT2D eigenvalue weighted by atomic mass is 35.5. The van der Waals surface area contributed by atoms with Gasteiger partial charge in [-0.15, -0.1) is 23.7 Å².